The van der Waals surface area contributed by atoms with Crippen molar-refractivity contribution in [2.45, 2.75) is 69.9 Å². The fraction of sp³-hybridized carbons (Fsp3) is 0.515. The minimum Gasteiger partial charge on any atom is -0.497 e. The average molecular weight is 603 g/mol. The van der Waals surface area contributed by atoms with Gasteiger partial charge in [-0.25, -0.2) is 0 Å². The van der Waals surface area contributed by atoms with E-state index in [-0.39, 0.29) is 24.3 Å². The summed E-state index contributed by atoms with van der Waals surface area (Å²) in [5.74, 6) is 0.897. The Hall–Kier alpha value is -2.54. The standard InChI is InChI=1S/C33H42Cl2N2O4/c1-6-15-37(21-23(2)3)16-14-32(26-8-7-9-28(19-26)40-5)20-27(12-13-33(32,22-37)41-24(4)38)36-31(39)18-25-10-11-29(34)30(35)17-25/h6-11,17,19,23,27H,1,12-16,18,20-22H2,2-5H3/p+1/t27-,32+,33?,37-/m0/s1. The Morgan fingerprint density at radius 2 is 1.95 bits per heavy atom. The molecule has 2 aromatic carbocycles. The van der Waals surface area contributed by atoms with Crippen molar-refractivity contribution < 1.29 is 23.5 Å². The van der Waals surface area contributed by atoms with Crippen molar-refractivity contribution in [1.82, 2.24) is 5.32 Å². The van der Waals surface area contributed by atoms with Gasteiger partial charge in [-0.1, -0.05) is 61.8 Å². The Bertz CT molecular complexity index is 1280. The zero-order valence-corrected chi connectivity index (χ0v) is 26.2. The SMILES string of the molecule is C=CC[N@@+]1(CC(C)C)CC[C@]2(c3cccc(OC)c3)C[C@@H](NC(=O)Cc3ccc(Cl)c(Cl)c3)CCC2(OC(C)=O)C1. The Morgan fingerprint density at radius 1 is 1.17 bits per heavy atom. The third kappa shape index (κ3) is 6.76. The van der Waals surface area contributed by atoms with Gasteiger partial charge < -0.3 is 19.3 Å². The van der Waals surface area contributed by atoms with Crippen molar-refractivity contribution in [3.05, 3.63) is 76.3 Å². The molecule has 1 aliphatic carbocycles. The van der Waals surface area contributed by atoms with Crippen molar-refractivity contribution in [1.29, 1.82) is 0 Å². The van der Waals surface area contributed by atoms with Crippen LogP contribution in [-0.2, 0) is 26.2 Å². The van der Waals surface area contributed by atoms with Crippen molar-refractivity contribution in [2.75, 3.05) is 33.3 Å². The van der Waals surface area contributed by atoms with Gasteiger partial charge in [0.05, 0.1) is 43.2 Å². The molecule has 1 aliphatic heterocycles. The van der Waals surface area contributed by atoms with E-state index in [0.29, 0.717) is 41.8 Å². The van der Waals surface area contributed by atoms with Gasteiger partial charge in [-0.3, -0.25) is 9.59 Å². The minimum atomic E-state index is -0.730. The highest BCUT2D eigenvalue weighted by Crippen LogP contribution is 2.55. The Labute approximate surface area is 254 Å². The zero-order chi connectivity index (χ0) is 29.8. The van der Waals surface area contributed by atoms with Crippen LogP contribution in [0.25, 0.3) is 0 Å². The van der Waals surface area contributed by atoms with Crippen LogP contribution < -0.4 is 10.1 Å². The predicted molar refractivity (Wildman–Crippen MR) is 164 cm³/mol. The number of halogens is 2. The van der Waals surface area contributed by atoms with Crippen LogP contribution in [-0.4, -0.2) is 61.3 Å². The monoisotopic (exact) mass is 601 g/mol. The number of esters is 1. The van der Waals surface area contributed by atoms with Gasteiger partial charge in [-0.05, 0) is 60.7 Å². The van der Waals surface area contributed by atoms with Crippen molar-refractivity contribution in [3.8, 4) is 5.75 Å². The number of hydrogen-bond donors (Lipinski definition) is 1. The van der Waals surface area contributed by atoms with Gasteiger partial charge in [-0.15, -0.1) is 0 Å². The molecule has 1 saturated carbocycles. The van der Waals surface area contributed by atoms with E-state index in [1.165, 1.54) is 6.92 Å². The van der Waals surface area contributed by atoms with Gasteiger partial charge in [0, 0.05) is 30.7 Å². The van der Waals surface area contributed by atoms with Crippen LogP contribution in [0.5, 0.6) is 5.75 Å². The maximum absolute atomic E-state index is 13.2. The van der Waals surface area contributed by atoms with Crippen LogP contribution in [0, 0.1) is 5.92 Å². The number of amides is 1. The van der Waals surface area contributed by atoms with E-state index in [2.05, 4.69) is 37.9 Å². The molecule has 4 atom stereocenters. The van der Waals surface area contributed by atoms with E-state index < -0.39 is 11.0 Å². The summed E-state index contributed by atoms with van der Waals surface area (Å²) < 4.78 is 13.0. The summed E-state index contributed by atoms with van der Waals surface area (Å²) in [6, 6.07) is 13.3. The normalized spacial score (nSPS) is 27.5. The van der Waals surface area contributed by atoms with E-state index >= 15 is 0 Å². The maximum Gasteiger partial charge on any atom is 0.303 e. The van der Waals surface area contributed by atoms with Gasteiger partial charge in [0.25, 0.3) is 0 Å². The topological polar surface area (TPSA) is 64.6 Å². The van der Waals surface area contributed by atoms with Crippen LogP contribution >= 0.6 is 23.2 Å². The molecule has 0 radical (unpaired) electrons. The molecule has 8 heteroatoms. The number of carbonyl (C=O) groups is 2. The number of fused-ring (bicyclic) bond motifs is 1. The molecular weight excluding hydrogens is 559 g/mol. The number of piperidine rings is 1. The van der Waals surface area contributed by atoms with Crippen molar-refractivity contribution >= 4 is 35.1 Å². The zero-order valence-electron chi connectivity index (χ0n) is 24.7. The first kappa shape index (κ1) is 31.4. The molecule has 41 heavy (non-hydrogen) atoms. The fourth-order valence-corrected chi connectivity index (χ4v) is 7.86. The lowest BCUT2D eigenvalue weighted by Gasteiger charge is -2.61. The molecule has 2 aliphatic rings. The third-order valence-electron chi connectivity index (χ3n) is 8.91. The van der Waals surface area contributed by atoms with E-state index in [1.54, 1.807) is 19.2 Å². The molecule has 2 aromatic rings. The Kier molecular flexibility index (Phi) is 9.77. The van der Waals surface area contributed by atoms with Crippen LogP contribution in [0.15, 0.2) is 55.1 Å². The van der Waals surface area contributed by atoms with Gasteiger partial charge in [0.2, 0.25) is 5.91 Å². The maximum atomic E-state index is 13.2. The van der Waals surface area contributed by atoms with E-state index in [1.807, 2.05) is 24.3 Å². The largest absolute Gasteiger partial charge is 0.497 e. The highest BCUT2D eigenvalue weighted by molar-refractivity contribution is 6.42. The summed E-state index contributed by atoms with van der Waals surface area (Å²) in [4.78, 5) is 26.0. The molecule has 1 N–H and O–H groups in total. The van der Waals surface area contributed by atoms with E-state index in [9.17, 15) is 9.59 Å². The number of nitrogens with one attached hydrogen (secondary N) is 1. The van der Waals surface area contributed by atoms with E-state index in [0.717, 1.165) is 47.4 Å². The second-order valence-corrected chi connectivity index (χ2v) is 13.2. The van der Waals surface area contributed by atoms with Crippen LogP contribution in [0.4, 0.5) is 0 Å². The molecule has 2 fully saturated rings. The quantitative estimate of drug-likeness (QED) is 0.191. The molecule has 222 valence electrons. The van der Waals surface area contributed by atoms with Crippen LogP contribution in [0.3, 0.4) is 0 Å². The first-order valence-corrected chi connectivity index (χ1v) is 15.2. The number of likely N-dealkylation sites (tertiary alicyclic amines) is 1. The van der Waals surface area contributed by atoms with Gasteiger partial charge in [-0.2, -0.15) is 0 Å². The first-order valence-electron chi connectivity index (χ1n) is 14.5. The summed E-state index contributed by atoms with van der Waals surface area (Å²) >= 11 is 12.3. The van der Waals surface area contributed by atoms with Gasteiger partial charge in [0.15, 0.2) is 5.60 Å². The summed E-state index contributed by atoms with van der Waals surface area (Å²) in [6.07, 6.45) is 5.04. The highest BCUT2D eigenvalue weighted by atomic mass is 35.5. The number of ether oxygens (including phenoxy) is 2. The molecule has 0 spiro atoms. The number of methoxy groups -OCH3 is 1. The summed E-state index contributed by atoms with van der Waals surface area (Å²) in [5, 5.41) is 4.19. The lowest BCUT2D eigenvalue weighted by atomic mass is 9.54. The first-order chi connectivity index (χ1) is 19.4. The molecule has 0 bridgehead atoms. The summed E-state index contributed by atoms with van der Waals surface area (Å²) in [7, 11) is 1.67. The molecule has 1 heterocycles. The Morgan fingerprint density at radius 3 is 2.61 bits per heavy atom. The number of nitrogens with zero attached hydrogens (tertiary/aromatic N) is 1. The molecular formula is C33H43Cl2N2O4+. The number of benzene rings is 2. The Balaban J connectivity index is 1.72. The second kappa shape index (κ2) is 12.8. The summed E-state index contributed by atoms with van der Waals surface area (Å²) in [5.41, 5.74) is 0.670. The van der Waals surface area contributed by atoms with Crippen LogP contribution in [0.1, 0.15) is 57.6 Å². The molecule has 0 aromatic heterocycles. The summed E-state index contributed by atoms with van der Waals surface area (Å²) in [6.45, 7) is 13.5. The second-order valence-electron chi connectivity index (χ2n) is 12.4. The lowest BCUT2D eigenvalue weighted by molar-refractivity contribution is -0.938. The predicted octanol–water partition coefficient (Wildman–Crippen LogP) is 6.52. The highest BCUT2D eigenvalue weighted by Gasteiger charge is 2.65. The van der Waals surface area contributed by atoms with Crippen molar-refractivity contribution in [2.24, 2.45) is 5.92 Å². The molecule has 1 amide bonds. The minimum absolute atomic E-state index is 0.0680. The molecule has 1 saturated heterocycles. The van der Waals surface area contributed by atoms with Crippen LogP contribution in [0.2, 0.25) is 10.0 Å². The number of rotatable bonds is 10. The number of quaternary nitrogens is 1. The smallest absolute Gasteiger partial charge is 0.303 e. The van der Waals surface area contributed by atoms with Crippen molar-refractivity contribution in [3.63, 3.8) is 0 Å². The van der Waals surface area contributed by atoms with Gasteiger partial charge >= 0.3 is 5.97 Å². The van der Waals surface area contributed by atoms with E-state index in [4.69, 9.17) is 32.7 Å². The molecule has 1 unspecified atom stereocenters. The lowest BCUT2D eigenvalue weighted by Crippen LogP contribution is -2.74. The molecule has 6 nitrogen and oxygen atoms in total. The third-order valence-corrected chi connectivity index (χ3v) is 9.65. The van der Waals surface area contributed by atoms with Gasteiger partial charge in [0.1, 0.15) is 12.3 Å². The fourth-order valence-electron chi connectivity index (χ4n) is 7.54. The average Bonchev–Trinajstić information content (AvgIpc) is 2.90. The molecule has 4 rings (SSSR count). The number of hydrogen-bond acceptors (Lipinski definition) is 4. The number of carbonyl (C=O) groups excluding carboxylic acids is 2.